The zero-order valence-corrected chi connectivity index (χ0v) is 8.68. The van der Waals surface area contributed by atoms with Gasteiger partial charge in [0.05, 0.1) is 0 Å². The molecule has 0 saturated heterocycles. The molecule has 14 heavy (non-hydrogen) atoms. The molecule has 0 spiro atoms. The number of hydrogen-bond donors (Lipinski definition) is 1. The Morgan fingerprint density at radius 3 is 2.86 bits per heavy atom. The van der Waals surface area contributed by atoms with E-state index in [-0.39, 0.29) is 5.92 Å². The van der Waals surface area contributed by atoms with Gasteiger partial charge in [0.1, 0.15) is 6.17 Å². The molecule has 0 bridgehead atoms. The molecule has 1 nitrogen and oxygen atoms in total. The molecule has 1 aromatic rings. The summed E-state index contributed by atoms with van der Waals surface area (Å²) in [5.41, 5.74) is 3.25. The molecule has 1 unspecified atom stereocenters. The Bertz CT molecular complexity index is 333. The fraction of sp³-hybridized carbons (Fsp3) is 0.500. The monoisotopic (exact) mass is 193 g/mol. The summed E-state index contributed by atoms with van der Waals surface area (Å²) in [6.45, 7) is 4.81. The van der Waals surface area contributed by atoms with Gasteiger partial charge in [-0.05, 0) is 29.5 Å². The standard InChI is InChI=1S/C12H16FN/c1-8(2)12(13)10-3-4-11-9(7-10)5-6-14-11/h3-4,7-8,12,14H,5-6H2,1-2H3. The van der Waals surface area contributed by atoms with E-state index >= 15 is 0 Å². The van der Waals surface area contributed by atoms with E-state index < -0.39 is 6.17 Å². The van der Waals surface area contributed by atoms with Crippen molar-refractivity contribution in [1.29, 1.82) is 0 Å². The fourth-order valence-electron chi connectivity index (χ4n) is 1.88. The third kappa shape index (κ3) is 1.61. The van der Waals surface area contributed by atoms with Crippen molar-refractivity contribution >= 4 is 5.69 Å². The molecule has 1 aliphatic heterocycles. The van der Waals surface area contributed by atoms with Crippen LogP contribution in [0.4, 0.5) is 10.1 Å². The van der Waals surface area contributed by atoms with Gasteiger partial charge in [-0.1, -0.05) is 26.0 Å². The van der Waals surface area contributed by atoms with E-state index in [0.717, 1.165) is 18.5 Å². The topological polar surface area (TPSA) is 12.0 Å². The first-order valence-corrected chi connectivity index (χ1v) is 5.19. The van der Waals surface area contributed by atoms with Gasteiger partial charge in [-0.25, -0.2) is 4.39 Å². The molecule has 1 atom stereocenters. The number of fused-ring (bicyclic) bond motifs is 1. The Morgan fingerprint density at radius 1 is 1.36 bits per heavy atom. The van der Waals surface area contributed by atoms with E-state index in [9.17, 15) is 4.39 Å². The summed E-state index contributed by atoms with van der Waals surface area (Å²) in [6.07, 6.45) is 0.189. The molecule has 0 aromatic heterocycles. The van der Waals surface area contributed by atoms with Crippen LogP contribution in [0.1, 0.15) is 31.1 Å². The number of halogens is 1. The maximum Gasteiger partial charge on any atom is 0.127 e. The van der Waals surface area contributed by atoms with Crippen molar-refractivity contribution in [2.75, 3.05) is 11.9 Å². The van der Waals surface area contributed by atoms with Crippen LogP contribution < -0.4 is 5.32 Å². The van der Waals surface area contributed by atoms with Crippen LogP contribution in [0.2, 0.25) is 0 Å². The molecule has 1 heterocycles. The highest BCUT2D eigenvalue weighted by Gasteiger charge is 2.17. The Balaban J connectivity index is 2.28. The highest BCUT2D eigenvalue weighted by atomic mass is 19.1. The summed E-state index contributed by atoms with van der Waals surface area (Å²) in [5.74, 6) is 0.0578. The van der Waals surface area contributed by atoms with Gasteiger partial charge in [-0.2, -0.15) is 0 Å². The summed E-state index contributed by atoms with van der Waals surface area (Å²) < 4.78 is 13.7. The molecule has 0 fully saturated rings. The van der Waals surface area contributed by atoms with Gasteiger partial charge < -0.3 is 5.32 Å². The molecule has 0 radical (unpaired) electrons. The van der Waals surface area contributed by atoms with Crippen molar-refractivity contribution in [3.63, 3.8) is 0 Å². The van der Waals surface area contributed by atoms with Crippen LogP contribution in [-0.2, 0) is 6.42 Å². The van der Waals surface area contributed by atoms with Crippen LogP contribution in [0, 0.1) is 5.92 Å². The smallest absolute Gasteiger partial charge is 0.127 e. The van der Waals surface area contributed by atoms with E-state index in [1.54, 1.807) is 0 Å². The Morgan fingerprint density at radius 2 is 2.14 bits per heavy atom. The molecule has 1 N–H and O–H groups in total. The lowest BCUT2D eigenvalue weighted by molar-refractivity contribution is 0.261. The van der Waals surface area contributed by atoms with E-state index in [0.29, 0.717) is 0 Å². The normalized spacial score (nSPS) is 16.6. The molecular weight excluding hydrogens is 177 g/mol. The second kappa shape index (κ2) is 3.60. The number of nitrogens with one attached hydrogen (secondary N) is 1. The lowest BCUT2D eigenvalue weighted by Crippen LogP contribution is -2.00. The predicted molar refractivity (Wildman–Crippen MR) is 57.3 cm³/mol. The van der Waals surface area contributed by atoms with Gasteiger partial charge in [-0.3, -0.25) is 0 Å². The van der Waals surface area contributed by atoms with Crippen molar-refractivity contribution in [2.24, 2.45) is 5.92 Å². The lowest BCUT2D eigenvalue weighted by Gasteiger charge is -2.13. The van der Waals surface area contributed by atoms with E-state index in [4.69, 9.17) is 0 Å². The largest absolute Gasteiger partial charge is 0.384 e. The van der Waals surface area contributed by atoms with Crippen molar-refractivity contribution in [1.82, 2.24) is 0 Å². The summed E-state index contributed by atoms with van der Waals surface area (Å²) in [5, 5.41) is 3.27. The van der Waals surface area contributed by atoms with Crippen molar-refractivity contribution in [2.45, 2.75) is 26.4 Å². The van der Waals surface area contributed by atoms with E-state index in [2.05, 4.69) is 5.32 Å². The van der Waals surface area contributed by atoms with Gasteiger partial charge in [0.25, 0.3) is 0 Å². The quantitative estimate of drug-likeness (QED) is 0.759. The summed E-state index contributed by atoms with van der Waals surface area (Å²) in [7, 11) is 0. The second-order valence-corrected chi connectivity index (χ2v) is 4.24. The molecule has 2 heteroatoms. The van der Waals surface area contributed by atoms with Gasteiger partial charge in [0.15, 0.2) is 0 Å². The zero-order chi connectivity index (χ0) is 10.1. The molecule has 1 aromatic carbocycles. The number of rotatable bonds is 2. The van der Waals surface area contributed by atoms with Gasteiger partial charge in [-0.15, -0.1) is 0 Å². The van der Waals surface area contributed by atoms with Crippen LogP contribution in [0.5, 0.6) is 0 Å². The Labute approximate surface area is 84.3 Å². The molecule has 76 valence electrons. The highest BCUT2D eigenvalue weighted by Crippen LogP contribution is 2.30. The number of hydrogen-bond acceptors (Lipinski definition) is 1. The molecule has 0 aliphatic carbocycles. The van der Waals surface area contributed by atoms with E-state index in [1.165, 1.54) is 11.3 Å². The molecule has 0 saturated carbocycles. The molecular formula is C12H16FN. The zero-order valence-electron chi connectivity index (χ0n) is 8.68. The maximum atomic E-state index is 13.7. The van der Waals surface area contributed by atoms with Gasteiger partial charge in [0.2, 0.25) is 0 Å². The number of benzene rings is 1. The first-order chi connectivity index (χ1) is 6.68. The minimum Gasteiger partial charge on any atom is -0.384 e. The summed E-state index contributed by atoms with van der Waals surface area (Å²) >= 11 is 0. The lowest BCUT2D eigenvalue weighted by atomic mass is 9.98. The maximum absolute atomic E-state index is 13.7. The van der Waals surface area contributed by atoms with Crippen LogP contribution in [0.25, 0.3) is 0 Å². The van der Waals surface area contributed by atoms with Crippen LogP contribution >= 0.6 is 0 Å². The average molecular weight is 193 g/mol. The SMILES string of the molecule is CC(C)C(F)c1ccc2c(c1)CCN2. The van der Waals surface area contributed by atoms with E-state index in [1.807, 2.05) is 32.0 Å². The van der Waals surface area contributed by atoms with Crippen LogP contribution in [0.3, 0.4) is 0 Å². The fourth-order valence-corrected chi connectivity index (χ4v) is 1.88. The minimum absolute atomic E-state index is 0.0578. The van der Waals surface area contributed by atoms with Crippen molar-refractivity contribution in [3.05, 3.63) is 29.3 Å². The van der Waals surface area contributed by atoms with Crippen LogP contribution in [0.15, 0.2) is 18.2 Å². The second-order valence-electron chi connectivity index (χ2n) is 4.24. The third-order valence-electron chi connectivity index (χ3n) is 2.74. The third-order valence-corrected chi connectivity index (χ3v) is 2.74. The van der Waals surface area contributed by atoms with Crippen molar-refractivity contribution < 1.29 is 4.39 Å². The predicted octanol–water partition coefficient (Wildman–Crippen LogP) is 3.32. The first kappa shape index (κ1) is 9.50. The van der Waals surface area contributed by atoms with Crippen molar-refractivity contribution in [3.8, 4) is 0 Å². The summed E-state index contributed by atoms with van der Waals surface area (Å²) in [4.78, 5) is 0. The molecule has 2 rings (SSSR count). The summed E-state index contributed by atoms with van der Waals surface area (Å²) in [6, 6.07) is 5.88. The Kier molecular flexibility index (Phi) is 2.44. The minimum atomic E-state index is -0.833. The van der Waals surface area contributed by atoms with Gasteiger partial charge >= 0.3 is 0 Å². The first-order valence-electron chi connectivity index (χ1n) is 5.19. The molecule has 1 aliphatic rings. The number of alkyl halides is 1. The average Bonchev–Trinajstić information content (AvgIpc) is 2.62. The molecule has 0 amide bonds. The van der Waals surface area contributed by atoms with Gasteiger partial charge in [0, 0.05) is 12.2 Å². The number of anilines is 1. The van der Waals surface area contributed by atoms with Crippen LogP contribution in [-0.4, -0.2) is 6.54 Å². The highest BCUT2D eigenvalue weighted by molar-refractivity contribution is 5.56. The Hall–Kier alpha value is -1.05.